The van der Waals surface area contributed by atoms with Gasteiger partial charge in [0.15, 0.2) is 0 Å². The first kappa shape index (κ1) is 14.6. The molecule has 2 amide bonds. The number of anilines is 1. The van der Waals surface area contributed by atoms with E-state index in [2.05, 4.69) is 0 Å². The van der Waals surface area contributed by atoms with E-state index in [0.29, 0.717) is 5.69 Å². The van der Waals surface area contributed by atoms with Gasteiger partial charge in [-0.3, -0.25) is 4.79 Å². The standard InChI is InChI=1S/C16H21NO3/c1-10(2)13-11-8-6-7-9-12(11)17(14(13)18)15(19)20-16(3,4)5/h6-10,13H,1-5H3. The first-order valence-electron chi connectivity index (χ1n) is 6.88. The Kier molecular flexibility index (Phi) is 3.59. The zero-order chi connectivity index (χ0) is 15.1. The lowest BCUT2D eigenvalue weighted by Crippen LogP contribution is -2.40. The molecule has 0 aromatic heterocycles. The van der Waals surface area contributed by atoms with Gasteiger partial charge in [0.05, 0.1) is 11.6 Å². The molecule has 108 valence electrons. The molecule has 0 radical (unpaired) electrons. The second-order valence-corrected chi connectivity index (χ2v) is 6.43. The fraction of sp³-hybridized carbons (Fsp3) is 0.500. The molecule has 4 nitrogen and oxygen atoms in total. The Hall–Kier alpha value is -1.84. The first-order valence-corrected chi connectivity index (χ1v) is 6.88. The van der Waals surface area contributed by atoms with E-state index in [4.69, 9.17) is 4.74 Å². The molecule has 0 saturated carbocycles. The molecule has 0 saturated heterocycles. The van der Waals surface area contributed by atoms with Crippen molar-refractivity contribution in [3.8, 4) is 0 Å². The van der Waals surface area contributed by atoms with Crippen molar-refractivity contribution in [3.05, 3.63) is 29.8 Å². The van der Waals surface area contributed by atoms with Gasteiger partial charge in [-0.25, -0.2) is 9.69 Å². The Balaban J connectivity index is 2.40. The van der Waals surface area contributed by atoms with Crippen LogP contribution in [-0.4, -0.2) is 17.6 Å². The van der Waals surface area contributed by atoms with Gasteiger partial charge in [0.1, 0.15) is 5.60 Å². The number of fused-ring (bicyclic) bond motifs is 1. The molecule has 20 heavy (non-hydrogen) atoms. The SMILES string of the molecule is CC(C)C1C(=O)N(C(=O)OC(C)(C)C)c2ccccc21. The number of para-hydroxylation sites is 1. The number of nitrogens with zero attached hydrogens (tertiary/aromatic N) is 1. The largest absolute Gasteiger partial charge is 0.443 e. The van der Waals surface area contributed by atoms with Gasteiger partial charge < -0.3 is 4.74 Å². The van der Waals surface area contributed by atoms with Crippen molar-refractivity contribution < 1.29 is 14.3 Å². The molecule has 1 heterocycles. The van der Waals surface area contributed by atoms with E-state index in [-0.39, 0.29) is 17.7 Å². The highest BCUT2D eigenvalue weighted by molar-refractivity contribution is 6.19. The fourth-order valence-corrected chi connectivity index (χ4v) is 2.49. The van der Waals surface area contributed by atoms with Crippen molar-refractivity contribution in [1.29, 1.82) is 0 Å². The number of carbonyl (C=O) groups is 2. The molecule has 1 atom stereocenters. The van der Waals surface area contributed by atoms with Crippen molar-refractivity contribution in [2.75, 3.05) is 4.90 Å². The molecule has 0 spiro atoms. The number of imide groups is 1. The highest BCUT2D eigenvalue weighted by Gasteiger charge is 2.43. The summed E-state index contributed by atoms with van der Waals surface area (Å²) < 4.78 is 5.34. The summed E-state index contributed by atoms with van der Waals surface area (Å²) in [4.78, 5) is 26.0. The van der Waals surface area contributed by atoms with E-state index < -0.39 is 11.7 Å². The quantitative estimate of drug-likeness (QED) is 0.785. The van der Waals surface area contributed by atoms with Crippen molar-refractivity contribution >= 4 is 17.7 Å². The monoisotopic (exact) mass is 275 g/mol. The van der Waals surface area contributed by atoms with Gasteiger partial charge in [0, 0.05) is 0 Å². The van der Waals surface area contributed by atoms with Gasteiger partial charge in [0.2, 0.25) is 5.91 Å². The lowest BCUT2D eigenvalue weighted by atomic mass is 9.90. The Labute approximate surface area is 119 Å². The second kappa shape index (κ2) is 4.93. The van der Waals surface area contributed by atoms with Crippen LogP contribution < -0.4 is 4.90 Å². The molecule has 0 bridgehead atoms. The molecule has 1 aromatic rings. The minimum Gasteiger partial charge on any atom is -0.443 e. The lowest BCUT2D eigenvalue weighted by Gasteiger charge is -2.24. The summed E-state index contributed by atoms with van der Waals surface area (Å²) in [6.07, 6.45) is -0.599. The van der Waals surface area contributed by atoms with E-state index in [0.717, 1.165) is 5.56 Å². The van der Waals surface area contributed by atoms with Crippen LogP contribution in [0.25, 0.3) is 0 Å². The average molecular weight is 275 g/mol. The minimum atomic E-state index is -0.623. The molecular formula is C16H21NO3. The number of amides is 2. The number of carbonyl (C=O) groups excluding carboxylic acids is 2. The number of rotatable bonds is 1. The molecule has 2 rings (SSSR count). The van der Waals surface area contributed by atoms with Crippen molar-refractivity contribution in [3.63, 3.8) is 0 Å². The predicted octanol–water partition coefficient (Wildman–Crippen LogP) is 3.71. The molecule has 1 aliphatic rings. The van der Waals surface area contributed by atoms with Gasteiger partial charge >= 0.3 is 6.09 Å². The van der Waals surface area contributed by atoms with Crippen LogP contribution in [0.3, 0.4) is 0 Å². The molecule has 0 fully saturated rings. The second-order valence-electron chi connectivity index (χ2n) is 6.43. The highest BCUT2D eigenvalue weighted by Crippen LogP contribution is 2.41. The number of benzene rings is 1. The van der Waals surface area contributed by atoms with E-state index in [1.165, 1.54) is 4.90 Å². The Morgan fingerprint density at radius 1 is 1.25 bits per heavy atom. The topological polar surface area (TPSA) is 46.6 Å². The smallest absolute Gasteiger partial charge is 0.421 e. The van der Waals surface area contributed by atoms with Crippen molar-refractivity contribution in [2.24, 2.45) is 5.92 Å². The summed E-state index contributed by atoms with van der Waals surface area (Å²) in [6, 6.07) is 7.41. The molecule has 4 heteroatoms. The maximum atomic E-state index is 12.6. The maximum absolute atomic E-state index is 12.6. The Morgan fingerprint density at radius 2 is 1.85 bits per heavy atom. The van der Waals surface area contributed by atoms with Crippen LogP contribution >= 0.6 is 0 Å². The van der Waals surface area contributed by atoms with Gasteiger partial charge in [-0.1, -0.05) is 32.0 Å². The fourth-order valence-electron chi connectivity index (χ4n) is 2.49. The Bertz CT molecular complexity index is 543. The van der Waals surface area contributed by atoms with Crippen LogP contribution in [0.4, 0.5) is 10.5 Å². The third kappa shape index (κ3) is 2.55. The summed E-state index contributed by atoms with van der Waals surface area (Å²) >= 11 is 0. The van der Waals surface area contributed by atoms with E-state index in [9.17, 15) is 9.59 Å². The zero-order valence-corrected chi connectivity index (χ0v) is 12.6. The first-order chi connectivity index (χ1) is 9.22. The minimum absolute atomic E-state index is 0.135. The Morgan fingerprint density at radius 3 is 2.40 bits per heavy atom. The van der Waals surface area contributed by atoms with Crippen LogP contribution in [0.2, 0.25) is 0 Å². The van der Waals surface area contributed by atoms with Crippen molar-refractivity contribution in [1.82, 2.24) is 0 Å². The highest BCUT2D eigenvalue weighted by atomic mass is 16.6. The molecule has 1 aromatic carbocycles. The van der Waals surface area contributed by atoms with Crippen LogP contribution in [-0.2, 0) is 9.53 Å². The van der Waals surface area contributed by atoms with Gasteiger partial charge in [0.25, 0.3) is 0 Å². The van der Waals surface area contributed by atoms with Crippen LogP contribution in [0, 0.1) is 5.92 Å². The van der Waals surface area contributed by atoms with Crippen LogP contribution in [0.5, 0.6) is 0 Å². The maximum Gasteiger partial charge on any atom is 0.421 e. The molecular weight excluding hydrogens is 254 g/mol. The van der Waals surface area contributed by atoms with Crippen LogP contribution in [0.1, 0.15) is 46.1 Å². The summed E-state index contributed by atoms with van der Waals surface area (Å²) in [6.45, 7) is 9.34. The van der Waals surface area contributed by atoms with E-state index in [1.807, 2.05) is 32.0 Å². The summed E-state index contributed by atoms with van der Waals surface area (Å²) in [5.41, 5.74) is 0.922. The summed E-state index contributed by atoms with van der Waals surface area (Å²) in [7, 11) is 0. The van der Waals surface area contributed by atoms with Crippen LogP contribution in [0.15, 0.2) is 24.3 Å². The number of ether oxygens (including phenoxy) is 1. The van der Waals surface area contributed by atoms with Gasteiger partial charge in [-0.05, 0) is 38.3 Å². The number of hydrogen-bond donors (Lipinski definition) is 0. The molecule has 0 aliphatic carbocycles. The summed E-state index contributed by atoms with van der Waals surface area (Å²) in [5.74, 6) is -0.342. The van der Waals surface area contributed by atoms with Gasteiger partial charge in [-0.2, -0.15) is 0 Å². The van der Waals surface area contributed by atoms with E-state index in [1.54, 1.807) is 26.8 Å². The average Bonchev–Trinajstić information content (AvgIpc) is 2.58. The van der Waals surface area contributed by atoms with Gasteiger partial charge in [-0.15, -0.1) is 0 Å². The van der Waals surface area contributed by atoms with E-state index >= 15 is 0 Å². The van der Waals surface area contributed by atoms with Crippen molar-refractivity contribution in [2.45, 2.75) is 46.1 Å². The molecule has 1 aliphatic heterocycles. The normalized spacial score (nSPS) is 18.4. The predicted molar refractivity (Wildman–Crippen MR) is 77.7 cm³/mol. The third-order valence-electron chi connectivity index (χ3n) is 3.24. The third-order valence-corrected chi connectivity index (χ3v) is 3.24. The number of hydrogen-bond acceptors (Lipinski definition) is 3. The molecule has 1 unspecified atom stereocenters. The molecule has 0 N–H and O–H groups in total. The zero-order valence-electron chi connectivity index (χ0n) is 12.6. The lowest BCUT2D eigenvalue weighted by molar-refractivity contribution is -0.119. The summed E-state index contributed by atoms with van der Waals surface area (Å²) in [5, 5.41) is 0.